The molecule has 0 amide bonds. The van der Waals surface area contributed by atoms with Crippen LogP contribution in [0.25, 0.3) is 0 Å². The summed E-state index contributed by atoms with van der Waals surface area (Å²) in [5.74, 6) is 1.19. The van der Waals surface area contributed by atoms with Crippen LogP contribution in [0.4, 0.5) is 0 Å². The van der Waals surface area contributed by atoms with E-state index in [1.54, 1.807) is 0 Å². The van der Waals surface area contributed by atoms with Crippen LogP contribution < -0.4 is 0 Å². The first-order chi connectivity index (χ1) is 8.25. The molecule has 2 aliphatic carbocycles. The first-order valence-electron chi connectivity index (χ1n) is 7.05. The molecule has 0 heterocycles. The fourth-order valence-electron chi connectivity index (χ4n) is 3.12. The Bertz CT molecular complexity index is 406. The Morgan fingerprint density at radius 1 is 1.12 bits per heavy atom. The summed E-state index contributed by atoms with van der Waals surface area (Å²) < 4.78 is 0. The molecule has 0 bridgehead atoms. The molecule has 2 atom stereocenters. The van der Waals surface area contributed by atoms with Crippen LogP contribution in [0, 0.1) is 11.8 Å². The number of aryl methyl sites for hydroxylation is 2. The molecule has 0 radical (unpaired) electrons. The molecule has 2 unspecified atom stereocenters. The van der Waals surface area contributed by atoms with Crippen molar-refractivity contribution in [1.82, 2.24) is 0 Å². The van der Waals surface area contributed by atoms with E-state index < -0.39 is 0 Å². The number of hydrogen-bond donors (Lipinski definition) is 1. The van der Waals surface area contributed by atoms with E-state index in [4.69, 9.17) is 0 Å². The van der Waals surface area contributed by atoms with Crippen LogP contribution in [0.2, 0.25) is 0 Å². The van der Waals surface area contributed by atoms with Gasteiger partial charge in [-0.2, -0.15) is 0 Å². The Morgan fingerprint density at radius 3 is 2.53 bits per heavy atom. The number of rotatable bonds is 3. The number of benzene rings is 1. The van der Waals surface area contributed by atoms with E-state index in [2.05, 4.69) is 25.1 Å². The lowest BCUT2D eigenvalue weighted by Crippen LogP contribution is -2.12. The van der Waals surface area contributed by atoms with Crippen molar-refractivity contribution in [2.24, 2.45) is 11.8 Å². The van der Waals surface area contributed by atoms with E-state index in [0.717, 1.165) is 11.5 Å². The molecular weight excluding hydrogens is 208 g/mol. The highest BCUT2D eigenvalue weighted by molar-refractivity contribution is 5.35. The van der Waals surface area contributed by atoms with E-state index in [9.17, 15) is 5.11 Å². The summed E-state index contributed by atoms with van der Waals surface area (Å²) >= 11 is 0. The van der Waals surface area contributed by atoms with Crippen LogP contribution in [0.3, 0.4) is 0 Å². The summed E-state index contributed by atoms with van der Waals surface area (Å²) in [5.41, 5.74) is 4.13. The molecule has 3 rings (SSSR count). The molecule has 1 fully saturated rings. The zero-order valence-electron chi connectivity index (χ0n) is 10.7. The van der Waals surface area contributed by atoms with Crippen LogP contribution in [0.5, 0.6) is 0 Å². The molecule has 2 aliphatic rings. The van der Waals surface area contributed by atoms with Gasteiger partial charge in [0.15, 0.2) is 0 Å². The molecule has 1 saturated carbocycles. The third-order valence-corrected chi connectivity index (χ3v) is 4.58. The largest absolute Gasteiger partial charge is 0.388 e. The number of hydrogen-bond acceptors (Lipinski definition) is 1. The highest BCUT2D eigenvalue weighted by Gasteiger charge is 2.33. The average molecular weight is 230 g/mol. The van der Waals surface area contributed by atoms with Crippen molar-refractivity contribution in [3.8, 4) is 0 Å². The zero-order valence-corrected chi connectivity index (χ0v) is 10.7. The van der Waals surface area contributed by atoms with Gasteiger partial charge in [0.05, 0.1) is 6.10 Å². The summed E-state index contributed by atoms with van der Waals surface area (Å²) in [6, 6.07) is 6.65. The SMILES string of the molecule is CC(C1CC1)C(O)c1ccc2c(c1)CCCC2. The highest BCUT2D eigenvalue weighted by Crippen LogP contribution is 2.42. The Balaban J connectivity index is 1.82. The minimum absolute atomic E-state index is 0.255. The zero-order chi connectivity index (χ0) is 11.8. The molecule has 1 N–H and O–H groups in total. The molecule has 92 valence electrons. The monoisotopic (exact) mass is 230 g/mol. The maximum absolute atomic E-state index is 10.4. The summed E-state index contributed by atoms with van der Waals surface area (Å²) in [4.78, 5) is 0. The second-order valence-electron chi connectivity index (χ2n) is 5.88. The number of aliphatic hydroxyl groups is 1. The first kappa shape index (κ1) is 11.3. The molecule has 17 heavy (non-hydrogen) atoms. The van der Waals surface area contributed by atoms with Gasteiger partial charge in [0, 0.05) is 0 Å². The third kappa shape index (κ3) is 2.26. The van der Waals surface area contributed by atoms with Gasteiger partial charge in [0.1, 0.15) is 0 Å². The van der Waals surface area contributed by atoms with Gasteiger partial charge in [-0.15, -0.1) is 0 Å². The van der Waals surface area contributed by atoms with Gasteiger partial charge in [-0.25, -0.2) is 0 Å². The maximum atomic E-state index is 10.4. The van der Waals surface area contributed by atoms with Gasteiger partial charge in [0.2, 0.25) is 0 Å². The van der Waals surface area contributed by atoms with Gasteiger partial charge in [0.25, 0.3) is 0 Å². The molecule has 0 aliphatic heterocycles. The van der Waals surface area contributed by atoms with Gasteiger partial charge in [-0.1, -0.05) is 25.1 Å². The second-order valence-corrected chi connectivity index (χ2v) is 5.88. The van der Waals surface area contributed by atoms with Crippen molar-refractivity contribution in [1.29, 1.82) is 0 Å². The van der Waals surface area contributed by atoms with Crippen molar-refractivity contribution < 1.29 is 5.11 Å². The van der Waals surface area contributed by atoms with Crippen molar-refractivity contribution >= 4 is 0 Å². The molecule has 1 aromatic carbocycles. The third-order valence-electron chi connectivity index (χ3n) is 4.58. The van der Waals surface area contributed by atoms with Crippen LogP contribution in [0.15, 0.2) is 18.2 Å². The summed E-state index contributed by atoms with van der Waals surface area (Å²) in [6.07, 6.45) is 7.43. The van der Waals surface area contributed by atoms with Crippen molar-refractivity contribution in [3.63, 3.8) is 0 Å². The predicted octanol–water partition coefficient (Wildman–Crippen LogP) is 3.64. The standard InChI is InChI=1S/C16H22O/c1-11(12-6-7-12)16(17)15-9-8-13-4-2-3-5-14(13)10-15/h8-12,16-17H,2-7H2,1H3. The Labute approximate surface area is 104 Å². The maximum Gasteiger partial charge on any atom is 0.0818 e. The van der Waals surface area contributed by atoms with Crippen LogP contribution in [0.1, 0.15) is 55.4 Å². The lowest BCUT2D eigenvalue weighted by molar-refractivity contribution is 0.106. The van der Waals surface area contributed by atoms with E-state index in [-0.39, 0.29) is 6.10 Å². The fourth-order valence-corrected chi connectivity index (χ4v) is 3.12. The smallest absolute Gasteiger partial charge is 0.0818 e. The van der Waals surface area contributed by atoms with Gasteiger partial charge >= 0.3 is 0 Å². The molecular formula is C16H22O. The van der Waals surface area contributed by atoms with Gasteiger partial charge in [-0.3, -0.25) is 0 Å². The molecule has 1 aromatic rings. The predicted molar refractivity (Wildman–Crippen MR) is 69.9 cm³/mol. The Kier molecular flexibility index (Phi) is 2.96. The van der Waals surface area contributed by atoms with Crippen molar-refractivity contribution in [3.05, 3.63) is 34.9 Å². The molecule has 1 nitrogen and oxygen atoms in total. The summed E-state index contributed by atoms with van der Waals surface area (Å²) in [5, 5.41) is 10.4. The summed E-state index contributed by atoms with van der Waals surface area (Å²) in [7, 11) is 0. The minimum atomic E-state index is -0.255. The Morgan fingerprint density at radius 2 is 1.82 bits per heavy atom. The van der Waals surface area contributed by atoms with E-state index in [1.165, 1.54) is 49.7 Å². The number of fused-ring (bicyclic) bond motifs is 1. The van der Waals surface area contributed by atoms with E-state index in [0.29, 0.717) is 5.92 Å². The first-order valence-corrected chi connectivity index (χ1v) is 7.05. The minimum Gasteiger partial charge on any atom is -0.388 e. The highest BCUT2D eigenvalue weighted by atomic mass is 16.3. The molecule has 0 aromatic heterocycles. The molecule has 1 heteroatoms. The second kappa shape index (κ2) is 4.45. The average Bonchev–Trinajstić information content (AvgIpc) is 3.21. The number of aliphatic hydroxyl groups excluding tert-OH is 1. The topological polar surface area (TPSA) is 20.2 Å². The normalized spacial score (nSPS) is 22.9. The van der Waals surface area contributed by atoms with E-state index >= 15 is 0 Å². The Hall–Kier alpha value is -0.820. The van der Waals surface area contributed by atoms with Crippen molar-refractivity contribution in [2.75, 3.05) is 0 Å². The fraction of sp³-hybridized carbons (Fsp3) is 0.625. The molecule has 0 spiro atoms. The van der Waals surface area contributed by atoms with Gasteiger partial charge < -0.3 is 5.11 Å². The quantitative estimate of drug-likeness (QED) is 0.840. The lowest BCUT2D eigenvalue weighted by atomic mass is 9.86. The van der Waals surface area contributed by atoms with Crippen LogP contribution in [-0.2, 0) is 12.8 Å². The van der Waals surface area contributed by atoms with Gasteiger partial charge in [-0.05, 0) is 67.1 Å². The van der Waals surface area contributed by atoms with Crippen LogP contribution in [-0.4, -0.2) is 5.11 Å². The van der Waals surface area contributed by atoms with Crippen molar-refractivity contribution in [2.45, 2.75) is 51.6 Å². The summed E-state index contributed by atoms with van der Waals surface area (Å²) in [6.45, 7) is 2.20. The van der Waals surface area contributed by atoms with E-state index in [1.807, 2.05) is 0 Å². The lowest BCUT2D eigenvalue weighted by Gasteiger charge is -2.22. The molecule has 0 saturated heterocycles. The van der Waals surface area contributed by atoms with Crippen LogP contribution >= 0.6 is 0 Å².